The van der Waals surface area contributed by atoms with Crippen molar-refractivity contribution >= 4 is 5.91 Å². The molecule has 94 valence electrons. The Morgan fingerprint density at radius 2 is 2.00 bits per heavy atom. The Morgan fingerprint density at radius 3 is 2.56 bits per heavy atom. The molecule has 2 N–H and O–H groups in total. The summed E-state index contributed by atoms with van der Waals surface area (Å²) >= 11 is 0. The average molecular weight is 257 g/mol. The Balaban J connectivity index is 2.41. The van der Waals surface area contributed by atoms with Gasteiger partial charge >= 0.3 is 6.18 Å². The second kappa shape index (κ2) is 4.09. The van der Waals surface area contributed by atoms with Crippen molar-refractivity contribution in [2.75, 3.05) is 0 Å². The molecule has 0 saturated heterocycles. The van der Waals surface area contributed by atoms with E-state index in [0.29, 0.717) is 6.20 Å². The van der Waals surface area contributed by atoms with Gasteiger partial charge in [0.15, 0.2) is 11.5 Å². The third kappa shape index (κ3) is 2.29. The maximum Gasteiger partial charge on any atom is 0.434 e. The van der Waals surface area contributed by atoms with Crippen molar-refractivity contribution in [3.8, 4) is 5.82 Å². The third-order valence-corrected chi connectivity index (χ3v) is 2.01. The lowest BCUT2D eigenvalue weighted by Gasteiger charge is -2.06. The molecule has 1 amide bonds. The fourth-order valence-electron chi connectivity index (χ4n) is 1.18. The highest BCUT2D eigenvalue weighted by Crippen LogP contribution is 2.27. The lowest BCUT2D eigenvalue weighted by atomic mass is 10.3. The lowest BCUT2D eigenvalue weighted by molar-refractivity contribution is -0.141. The molecule has 0 spiro atoms. The van der Waals surface area contributed by atoms with Crippen LogP contribution >= 0.6 is 0 Å². The Morgan fingerprint density at radius 1 is 1.28 bits per heavy atom. The number of rotatable bonds is 2. The van der Waals surface area contributed by atoms with Gasteiger partial charge in [-0.3, -0.25) is 9.78 Å². The minimum atomic E-state index is -4.59. The number of nitrogens with two attached hydrogens (primary N) is 1. The van der Waals surface area contributed by atoms with Crippen molar-refractivity contribution in [2.45, 2.75) is 6.18 Å². The van der Waals surface area contributed by atoms with E-state index in [0.717, 1.165) is 17.1 Å². The van der Waals surface area contributed by atoms with Crippen LogP contribution in [0, 0.1) is 0 Å². The third-order valence-electron chi connectivity index (χ3n) is 2.01. The van der Waals surface area contributed by atoms with Crippen LogP contribution in [-0.4, -0.2) is 25.7 Å². The van der Waals surface area contributed by atoms with Crippen LogP contribution in [-0.2, 0) is 6.18 Å². The molecule has 0 radical (unpaired) electrons. The SMILES string of the molecule is NC(=O)c1cnn(-c2cncc(C(F)(F)F)n2)c1. The van der Waals surface area contributed by atoms with E-state index >= 15 is 0 Å². The predicted octanol–water partition coefficient (Wildman–Crippen LogP) is 0.780. The number of alkyl halides is 3. The molecule has 0 saturated carbocycles. The van der Waals surface area contributed by atoms with Gasteiger partial charge in [0.1, 0.15) is 0 Å². The van der Waals surface area contributed by atoms with Crippen LogP contribution in [0.5, 0.6) is 0 Å². The van der Waals surface area contributed by atoms with Crippen LogP contribution in [0.1, 0.15) is 16.1 Å². The lowest BCUT2D eigenvalue weighted by Crippen LogP contribution is -2.12. The number of hydrogen-bond acceptors (Lipinski definition) is 4. The van der Waals surface area contributed by atoms with Crippen molar-refractivity contribution in [3.05, 3.63) is 36.0 Å². The molecule has 0 atom stereocenters. The molecule has 18 heavy (non-hydrogen) atoms. The maximum atomic E-state index is 12.4. The zero-order chi connectivity index (χ0) is 13.3. The molecule has 2 heterocycles. The number of carbonyl (C=O) groups excluding carboxylic acids is 1. The first-order valence-electron chi connectivity index (χ1n) is 4.62. The second-order valence-corrected chi connectivity index (χ2v) is 3.30. The Bertz CT molecular complexity index is 592. The Hall–Kier alpha value is -2.45. The van der Waals surface area contributed by atoms with Crippen molar-refractivity contribution < 1.29 is 18.0 Å². The van der Waals surface area contributed by atoms with E-state index in [9.17, 15) is 18.0 Å². The molecular formula is C9H6F3N5O. The molecule has 9 heteroatoms. The van der Waals surface area contributed by atoms with Gasteiger partial charge in [0.05, 0.1) is 24.2 Å². The van der Waals surface area contributed by atoms with Gasteiger partial charge < -0.3 is 5.73 Å². The molecule has 6 nitrogen and oxygen atoms in total. The van der Waals surface area contributed by atoms with E-state index in [4.69, 9.17) is 5.73 Å². The van der Waals surface area contributed by atoms with Crippen LogP contribution in [0.2, 0.25) is 0 Å². The summed E-state index contributed by atoms with van der Waals surface area (Å²) < 4.78 is 38.2. The van der Waals surface area contributed by atoms with Gasteiger partial charge in [-0.1, -0.05) is 0 Å². The highest BCUT2D eigenvalue weighted by atomic mass is 19.4. The van der Waals surface area contributed by atoms with E-state index < -0.39 is 17.8 Å². The predicted molar refractivity (Wildman–Crippen MR) is 52.7 cm³/mol. The normalized spacial score (nSPS) is 11.5. The Labute approximate surface area is 98.3 Å². The highest BCUT2D eigenvalue weighted by Gasteiger charge is 2.33. The fraction of sp³-hybridized carbons (Fsp3) is 0.111. The molecule has 0 aliphatic heterocycles. The van der Waals surface area contributed by atoms with Crippen LogP contribution in [0.25, 0.3) is 5.82 Å². The molecular weight excluding hydrogens is 251 g/mol. The smallest absolute Gasteiger partial charge is 0.366 e. The topological polar surface area (TPSA) is 86.7 Å². The van der Waals surface area contributed by atoms with Gasteiger partial charge in [-0.2, -0.15) is 18.3 Å². The van der Waals surface area contributed by atoms with Gasteiger partial charge in [0, 0.05) is 6.20 Å². The van der Waals surface area contributed by atoms with E-state index in [1.54, 1.807) is 0 Å². The molecule has 0 unspecified atom stereocenters. The summed E-state index contributed by atoms with van der Waals surface area (Å²) in [5, 5.41) is 3.68. The summed E-state index contributed by atoms with van der Waals surface area (Å²) in [7, 11) is 0. The monoisotopic (exact) mass is 257 g/mol. The Kier molecular flexibility index (Phi) is 2.73. The van der Waals surface area contributed by atoms with Crippen LogP contribution in [0.15, 0.2) is 24.8 Å². The number of halogens is 3. The zero-order valence-corrected chi connectivity index (χ0v) is 8.72. The van der Waals surface area contributed by atoms with Gasteiger partial charge in [0.2, 0.25) is 0 Å². The number of nitrogens with zero attached hydrogens (tertiary/aromatic N) is 4. The van der Waals surface area contributed by atoms with E-state index in [-0.39, 0.29) is 11.4 Å². The van der Waals surface area contributed by atoms with Crippen molar-refractivity contribution in [3.63, 3.8) is 0 Å². The summed E-state index contributed by atoms with van der Waals surface area (Å²) in [6, 6.07) is 0. The van der Waals surface area contributed by atoms with Gasteiger partial charge in [0.25, 0.3) is 5.91 Å². The first-order valence-corrected chi connectivity index (χ1v) is 4.62. The molecule has 0 aliphatic rings. The first kappa shape index (κ1) is 12.0. The molecule has 2 aromatic heterocycles. The summed E-state index contributed by atoms with van der Waals surface area (Å²) in [6.07, 6.45) is -0.603. The zero-order valence-electron chi connectivity index (χ0n) is 8.72. The average Bonchev–Trinajstić information content (AvgIpc) is 2.77. The molecule has 0 fully saturated rings. The van der Waals surface area contributed by atoms with Crippen molar-refractivity contribution in [1.29, 1.82) is 0 Å². The summed E-state index contributed by atoms with van der Waals surface area (Å²) in [5.74, 6) is -0.890. The van der Waals surface area contributed by atoms with Crippen molar-refractivity contribution in [2.24, 2.45) is 5.73 Å². The summed E-state index contributed by atoms with van der Waals surface area (Å²) in [6.45, 7) is 0. The van der Waals surface area contributed by atoms with Crippen LogP contribution in [0.3, 0.4) is 0 Å². The molecule has 0 bridgehead atoms. The number of aromatic nitrogens is 4. The number of amides is 1. The van der Waals surface area contributed by atoms with E-state index in [1.165, 1.54) is 6.20 Å². The van der Waals surface area contributed by atoms with Gasteiger partial charge in [-0.05, 0) is 0 Å². The fourth-order valence-corrected chi connectivity index (χ4v) is 1.18. The van der Waals surface area contributed by atoms with Gasteiger partial charge in [-0.15, -0.1) is 0 Å². The van der Waals surface area contributed by atoms with E-state index in [1.807, 2.05) is 0 Å². The summed E-state index contributed by atoms with van der Waals surface area (Å²) in [5.41, 5.74) is 3.92. The molecule has 2 aromatic rings. The van der Waals surface area contributed by atoms with Crippen LogP contribution < -0.4 is 5.73 Å². The number of hydrogen-bond donors (Lipinski definition) is 1. The second-order valence-electron chi connectivity index (χ2n) is 3.30. The summed E-state index contributed by atoms with van der Waals surface area (Å²) in [4.78, 5) is 17.6. The highest BCUT2D eigenvalue weighted by molar-refractivity contribution is 5.92. The quantitative estimate of drug-likeness (QED) is 0.861. The first-order chi connectivity index (χ1) is 8.38. The molecule has 0 aromatic carbocycles. The number of carbonyl (C=O) groups is 1. The van der Waals surface area contributed by atoms with E-state index in [2.05, 4.69) is 15.1 Å². The van der Waals surface area contributed by atoms with Crippen molar-refractivity contribution in [1.82, 2.24) is 19.7 Å². The molecule has 0 aliphatic carbocycles. The van der Waals surface area contributed by atoms with Crippen LogP contribution in [0.4, 0.5) is 13.2 Å². The number of primary amides is 1. The van der Waals surface area contributed by atoms with Gasteiger partial charge in [-0.25, -0.2) is 9.67 Å². The largest absolute Gasteiger partial charge is 0.434 e. The minimum absolute atomic E-state index is 0.0641. The standard InChI is InChI=1S/C9H6F3N5O/c10-9(11,12)6-2-14-3-7(16-6)17-4-5(1-15-17)8(13)18/h1-4H,(H2,13,18). The molecule has 2 rings (SSSR count). The maximum absolute atomic E-state index is 12.4. The minimum Gasteiger partial charge on any atom is -0.366 e.